The van der Waals surface area contributed by atoms with Gasteiger partial charge in [0.2, 0.25) is 29.5 Å². The van der Waals surface area contributed by atoms with Gasteiger partial charge >= 0.3 is 5.97 Å². The van der Waals surface area contributed by atoms with Gasteiger partial charge in [0.15, 0.2) is 17.7 Å². The summed E-state index contributed by atoms with van der Waals surface area (Å²) >= 11 is 0. The van der Waals surface area contributed by atoms with E-state index in [0.29, 0.717) is 38.6 Å². The van der Waals surface area contributed by atoms with Crippen LogP contribution in [-0.2, 0) is 33.6 Å². The molecule has 380 valence electrons. The van der Waals surface area contributed by atoms with E-state index >= 15 is 0 Å². The summed E-state index contributed by atoms with van der Waals surface area (Å²) in [5, 5.41) is 23.0. The first-order valence-electron chi connectivity index (χ1n) is 24.5. The molecule has 0 radical (unpaired) electrons. The van der Waals surface area contributed by atoms with Gasteiger partial charge in [-0.25, -0.2) is 0 Å². The Balaban J connectivity index is 6.05. The maximum Gasteiger partial charge on any atom is 0.303 e. The molecule has 6 atom stereocenters. The predicted octanol–water partition coefficient (Wildman–Crippen LogP) is 2.63. The average molecular weight is 937 g/mol. The van der Waals surface area contributed by atoms with Crippen molar-refractivity contribution in [1.82, 2.24) is 26.6 Å². The number of carbonyl (C=O) groups excluding carboxylic acids is 6. The second-order valence-corrected chi connectivity index (χ2v) is 17.4. The van der Waals surface area contributed by atoms with Gasteiger partial charge in [-0.3, -0.25) is 43.5 Å². The van der Waals surface area contributed by atoms with Gasteiger partial charge in [0, 0.05) is 25.9 Å². The molecule has 16 N–H and O–H groups in total. The zero-order chi connectivity index (χ0) is 49.7. The number of ketones is 1. The number of hydrogen-bond acceptors (Lipinski definition) is 10. The van der Waals surface area contributed by atoms with Gasteiger partial charge in [-0.15, -0.1) is 0 Å². The van der Waals surface area contributed by atoms with E-state index in [-0.39, 0.29) is 81.1 Å². The summed E-state index contributed by atoms with van der Waals surface area (Å²) < 4.78 is 0. The number of carboxylic acid groups (broad SMARTS) is 1. The minimum absolute atomic E-state index is 0.0342. The molecule has 0 aliphatic heterocycles. The predicted molar refractivity (Wildman–Crippen MR) is 260 cm³/mol. The van der Waals surface area contributed by atoms with Gasteiger partial charge in [0.05, 0.1) is 6.04 Å². The van der Waals surface area contributed by atoms with E-state index in [2.05, 4.69) is 43.5 Å². The molecule has 0 aromatic rings. The van der Waals surface area contributed by atoms with E-state index in [1.807, 2.05) is 13.8 Å². The topological polar surface area (TPSA) is 355 Å². The molecular weight excluding hydrogens is 849 g/mol. The lowest BCUT2D eigenvalue weighted by Gasteiger charge is -2.28. The highest BCUT2D eigenvalue weighted by Crippen LogP contribution is 2.14. The van der Waals surface area contributed by atoms with Crippen LogP contribution in [0.4, 0.5) is 0 Å². The number of aliphatic carboxylic acids is 1. The fraction of sp³-hybridized carbons (Fsp3) is 0.804. The van der Waals surface area contributed by atoms with Crippen LogP contribution in [0.25, 0.3) is 0 Å². The van der Waals surface area contributed by atoms with E-state index in [0.717, 1.165) is 19.3 Å². The maximum absolute atomic E-state index is 14.0. The van der Waals surface area contributed by atoms with Gasteiger partial charge in [0.25, 0.3) is 0 Å². The molecule has 0 spiro atoms. The number of hydrogen-bond donors (Lipinski definition) is 11. The molecule has 0 saturated carbocycles. The summed E-state index contributed by atoms with van der Waals surface area (Å²) in [5.74, 6) is -5.28. The van der Waals surface area contributed by atoms with E-state index < -0.39 is 66.2 Å². The summed E-state index contributed by atoms with van der Waals surface area (Å²) in [6, 6.07) is -5.77. The third-order valence-corrected chi connectivity index (χ3v) is 11.5. The van der Waals surface area contributed by atoms with Crippen LogP contribution in [0.5, 0.6) is 0 Å². The first-order valence-corrected chi connectivity index (χ1v) is 24.5. The maximum atomic E-state index is 14.0. The van der Waals surface area contributed by atoms with Crippen molar-refractivity contribution >= 4 is 53.2 Å². The highest BCUT2D eigenvalue weighted by atomic mass is 16.4. The Bertz CT molecular complexity index is 1490. The molecule has 0 aliphatic rings. The number of carbonyl (C=O) groups is 7. The summed E-state index contributed by atoms with van der Waals surface area (Å²) in [6.07, 6.45) is 16.8. The molecule has 0 fully saturated rings. The second kappa shape index (κ2) is 38.1. The van der Waals surface area contributed by atoms with Crippen molar-refractivity contribution in [2.45, 2.75) is 212 Å². The Kier molecular flexibility index (Phi) is 35.2. The number of carboxylic acids is 1. The number of aliphatic imine (C=N–C) groups is 2. The largest absolute Gasteiger partial charge is 0.481 e. The summed E-state index contributed by atoms with van der Waals surface area (Å²) in [6.45, 7) is 7.89. The van der Waals surface area contributed by atoms with Crippen LogP contribution < -0.4 is 55.3 Å². The normalized spacial score (nSPS) is 13.7. The summed E-state index contributed by atoms with van der Waals surface area (Å²) in [5.41, 5.74) is 27.6. The molecular formula is C46H88N12O8. The zero-order valence-electron chi connectivity index (χ0n) is 40.6. The number of unbranched alkanes of at least 4 members (excludes halogenated alkanes) is 13. The van der Waals surface area contributed by atoms with Crippen LogP contribution in [-0.4, -0.2) is 108 Å². The fourth-order valence-electron chi connectivity index (χ4n) is 7.36. The molecule has 20 heteroatoms. The first kappa shape index (κ1) is 61.0. The van der Waals surface area contributed by atoms with Gasteiger partial charge in [-0.2, -0.15) is 0 Å². The number of Topliss-reactive ketones (excluding diaryl/α,β-unsaturated/α-hetero) is 1. The van der Waals surface area contributed by atoms with Crippen molar-refractivity contribution in [2.75, 3.05) is 19.6 Å². The van der Waals surface area contributed by atoms with Gasteiger partial charge in [-0.05, 0) is 77.2 Å². The summed E-state index contributed by atoms with van der Waals surface area (Å²) in [7, 11) is 0. The van der Waals surface area contributed by atoms with Crippen molar-refractivity contribution < 1.29 is 38.7 Å². The van der Waals surface area contributed by atoms with Crippen molar-refractivity contribution in [2.24, 2.45) is 44.6 Å². The number of rotatable bonds is 41. The molecule has 0 rings (SSSR count). The summed E-state index contributed by atoms with van der Waals surface area (Å²) in [4.78, 5) is 101. The third kappa shape index (κ3) is 31.0. The van der Waals surface area contributed by atoms with E-state index in [9.17, 15) is 38.7 Å². The van der Waals surface area contributed by atoms with Crippen LogP contribution in [0.1, 0.15) is 182 Å². The monoisotopic (exact) mass is 937 g/mol. The van der Waals surface area contributed by atoms with Crippen molar-refractivity contribution in [3.05, 3.63) is 0 Å². The quantitative estimate of drug-likeness (QED) is 0.0239. The fourth-order valence-corrected chi connectivity index (χ4v) is 7.36. The highest BCUT2D eigenvalue weighted by molar-refractivity contribution is 5.96. The molecule has 0 heterocycles. The smallest absolute Gasteiger partial charge is 0.303 e. The zero-order valence-corrected chi connectivity index (χ0v) is 40.6. The number of guanidine groups is 2. The number of nitrogens with zero attached hydrogens (tertiary/aromatic N) is 2. The number of nitrogens with two attached hydrogens (primary N) is 5. The first-order chi connectivity index (χ1) is 31.5. The van der Waals surface area contributed by atoms with Crippen molar-refractivity contribution in [3.63, 3.8) is 0 Å². The van der Waals surface area contributed by atoms with E-state index in [1.165, 1.54) is 64.7 Å². The molecule has 0 saturated heterocycles. The SMILES string of the molecule is CCCCCCCCCCCCCCCC(=O)NC(CCCN=C(N)N)C(=O)N[C@@H](CCCCN)C(=O)N[C@@H](CCC(=O)O)C(=O)N[C@@H](CCCN=C(N)N)C(=O)N[C@H](C(C)=O)[C@@H](C)CC. The van der Waals surface area contributed by atoms with Crippen molar-refractivity contribution in [1.29, 1.82) is 0 Å². The average Bonchev–Trinajstić information content (AvgIpc) is 3.26. The Labute approximate surface area is 393 Å². The standard InChI is InChI=1S/C46H88N12O8/c1-5-7-8-9-10-11-12-13-14-15-16-17-18-26-38(60)54-34(24-21-30-52-45(48)49)41(63)55-35(23-19-20-29-47)42(64)57-37(27-28-39(61)62)43(65)56-36(25-22-31-53-46(50)51)44(66)58-40(33(4)59)32(3)6-2/h32,34-37,40H,5-31,47H2,1-4H3,(H,54,60)(H,55,63)(H,56,65)(H,57,64)(H,58,66)(H,61,62)(H4,48,49,52)(H4,50,51,53)/t32-,34?,35-,36-,37-,40-/m0/s1. The molecule has 20 nitrogen and oxygen atoms in total. The molecule has 0 bridgehead atoms. The Morgan fingerprint density at radius 2 is 0.894 bits per heavy atom. The van der Waals surface area contributed by atoms with Gasteiger partial charge in [-0.1, -0.05) is 104 Å². The van der Waals surface area contributed by atoms with Gasteiger partial charge < -0.3 is 60.4 Å². The van der Waals surface area contributed by atoms with Gasteiger partial charge in [0.1, 0.15) is 24.2 Å². The van der Waals surface area contributed by atoms with E-state index in [1.54, 1.807) is 0 Å². The lowest BCUT2D eigenvalue weighted by Crippen LogP contribution is -2.59. The van der Waals surface area contributed by atoms with E-state index in [4.69, 9.17) is 28.7 Å². The lowest BCUT2D eigenvalue weighted by molar-refractivity contribution is -0.138. The second-order valence-electron chi connectivity index (χ2n) is 17.4. The molecule has 1 unspecified atom stereocenters. The lowest BCUT2D eigenvalue weighted by atomic mass is 9.95. The molecule has 0 aliphatic carbocycles. The third-order valence-electron chi connectivity index (χ3n) is 11.5. The highest BCUT2D eigenvalue weighted by Gasteiger charge is 2.33. The molecule has 5 amide bonds. The minimum atomic E-state index is -1.45. The van der Waals surface area contributed by atoms with Crippen LogP contribution in [0.15, 0.2) is 9.98 Å². The van der Waals surface area contributed by atoms with Crippen LogP contribution >= 0.6 is 0 Å². The molecule has 66 heavy (non-hydrogen) atoms. The number of amides is 5. The molecule has 0 aromatic heterocycles. The van der Waals surface area contributed by atoms with Crippen LogP contribution in [0.3, 0.4) is 0 Å². The number of nitrogens with one attached hydrogen (secondary N) is 5. The van der Waals surface area contributed by atoms with Crippen LogP contribution in [0, 0.1) is 5.92 Å². The molecule has 0 aromatic carbocycles. The van der Waals surface area contributed by atoms with Crippen molar-refractivity contribution in [3.8, 4) is 0 Å². The Morgan fingerprint density at radius 3 is 1.29 bits per heavy atom. The Morgan fingerprint density at radius 1 is 0.500 bits per heavy atom. The van der Waals surface area contributed by atoms with Crippen LogP contribution in [0.2, 0.25) is 0 Å². The minimum Gasteiger partial charge on any atom is -0.481 e. The Hall–Kier alpha value is -5.01.